The summed E-state index contributed by atoms with van der Waals surface area (Å²) < 4.78 is 19.0. The van der Waals surface area contributed by atoms with E-state index in [0.29, 0.717) is 11.3 Å². The van der Waals surface area contributed by atoms with Crippen LogP contribution in [0.2, 0.25) is 0 Å². The normalized spacial score (nSPS) is 10.7. The molecule has 0 saturated carbocycles. The van der Waals surface area contributed by atoms with Gasteiger partial charge in [0, 0.05) is 10.0 Å². The topological polar surface area (TPSA) is 52.0 Å². The van der Waals surface area contributed by atoms with Gasteiger partial charge in [0.15, 0.2) is 0 Å². The van der Waals surface area contributed by atoms with Gasteiger partial charge >= 0.3 is 0 Å². The second-order valence-corrected chi connectivity index (χ2v) is 5.11. The fraction of sp³-hybridized carbons (Fsp3) is 0. The van der Waals surface area contributed by atoms with Gasteiger partial charge in [-0.2, -0.15) is 0 Å². The van der Waals surface area contributed by atoms with Crippen LogP contribution in [0.15, 0.2) is 57.5 Å². The van der Waals surface area contributed by atoms with Crippen molar-refractivity contribution < 1.29 is 8.91 Å². The van der Waals surface area contributed by atoms with E-state index in [-0.39, 0.29) is 11.7 Å². The molecule has 0 amide bonds. The van der Waals surface area contributed by atoms with E-state index in [1.807, 2.05) is 24.3 Å². The van der Waals surface area contributed by atoms with Crippen molar-refractivity contribution in [2.75, 3.05) is 5.73 Å². The largest absolute Gasteiger partial charge is 0.367 e. The Morgan fingerprint density at radius 2 is 1.75 bits per heavy atom. The van der Waals surface area contributed by atoms with E-state index < -0.39 is 0 Å². The summed E-state index contributed by atoms with van der Waals surface area (Å²) in [5.74, 6) is -0.0893. The van der Waals surface area contributed by atoms with Crippen LogP contribution >= 0.6 is 15.9 Å². The SMILES string of the molecule is Nc1onc(-c2ccccc2Br)c1-c1ccc(F)cc1. The summed E-state index contributed by atoms with van der Waals surface area (Å²) in [5, 5.41) is 4.02. The van der Waals surface area contributed by atoms with Gasteiger partial charge in [0.05, 0.1) is 5.56 Å². The molecular weight excluding hydrogens is 323 g/mol. The number of anilines is 1. The lowest BCUT2D eigenvalue weighted by atomic mass is 10.0. The van der Waals surface area contributed by atoms with Crippen LogP contribution in [0.1, 0.15) is 0 Å². The number of benzene rings is 2. The molecule has 5 heteroatoms. The average molecular weight is 333 g/mol. The molecule has 0 bridgehead atoms. The van der Waals surface area contributed by atoms with Crippen LogP contribution in [0.4, 0.5) is 10.3 Å². The summed E-state index contributed by atoms with van der Waals surface area (Å²) in [7, 11) is 0. The summed E-state index contributed by atoms with van der Waals surface area (Å²) in [6.45, 7) is 0. The third-order valence-electron chi connectivity index (χ3n) is 2.98. The maximum atomic E-state index is 13.0. The van der Waals surface area contributed by atoms with E-state index in [0.717, 1.165) is 15.6 Å². The van der Waals surface area contributed by atoms with Crippen LogP contribution in [-0.2, 0) is 0 Å². The van der Waals surface area contributed by atoms with Gasteiger partial charge in [-0.05, 0) is 23.8 Å². The molecule has 2 aromatic carbocycles. The van der Waals surface area contributed by atoms with Crippen molar-refractivity contribution in [1.82, 2.24) is 5.16 Å². The third kappa shape index (κ3) is 2.20. The Hall–Kier alpha value is -2.14. The van der Waals surface area contributed by atoms with E-state index in [1.54, 1.807) is 12.1 Å². The molecule has 0 fully saturated rings. The number of hydrogen-bond acceptors (Lipinski definition) is 3. The zero-order valence-corrected chi connectivity index (χ0v) is 11.9. The minimum absolute atomic E-state index is 0.211. The lowest BCUT2D eigenvalue weighted by molar-refractivity contribution is 0.439. The maximum absolute atomic E-state index is 13.0. The van der Waals surface area contributed by atoms with Crippen LogP contribution in [0, 0.1) is 5.82 Å². The first kappa shape index (κ1) is 12.9. The van der Waals surface area contributed by atoms with E-state index in [1.165, 1.54) is 12.1 Å². The minimum atomic E-state index is -0.300. The number of rotatable bonds is 2. The molecule has 3 aromatic rings. The van der Waals surface area contributed by atoms with E-state index >= 15 is 0 Å². The fourth-order valence-electron chi connectivity index (χ4n) is 2.04. The fourth-order valence-corrected chi connectivity index (χ4v) is 2.51. The molecule has 1 aromatic heterocycles. The van der Waals surface area contributed by atoms with Crippen molar-refractivity contribution in [2.24, 2.45) is 0 Å². The highest BCUT2D eigenvalue weighted by atomic mass is 79.9. The highest BCUT2D eigenvalue weighted by Gasteiger charge is 2.18. The number of halogens is 2. The Labute approximate surface area is 123 Å². The Balaban J connectivity index is 2.20. The number of nitrogens with zero attached hydrogens (tertiary/aromatic N) is 1. The van der Waals surface area contributed by atoms with E-state index in [4.69, 9.17) is 10.3 Å². The number of hydrogen-bond donors (Lipinski definition) is 1. The molecule has 1 heterocycles. The summed E-state index contributed by atoms with van der Waals surface area (Å²) in [6, 6.07) is 13.7. The maximum Gasteiger partial charge on any atom is 0.230 e. The van der Waals surface area contributed by atoms with Crippen LogP contribution in [-0.4, -0.2) is 5.16 Å². The summed E-state index contributed by atoms with van der Waals surface area (Å²) >= 11 is 3.48. The molecule has 0 unspecified atom stereocenters. The highest BCUT2D eigenvalue weighted by molar-refractivity contribution is 9.10. The first-order valence-corrected chi connectivity index (χ1v) is 6.72. The van der Waals surface area contributed by atoms with Crippen molar-refractivity contribution in [1.29, 1.82) is 0 Å². The molecule has 0 radical (unpaired) electrons. The summed E-state index contributed by atoms with van der Waals surface area (Å²) in [5.41, 5.74) is 8.78. The smallest absolute Gasteiger partial charge is 0.230 e. The molecular formula is C15H10BrFN2O. The molecule has 20 heavy (non-hydrogen) atoms. The lowest BCUT2D eigenvalue weighted by Gasteiger charge is -2.04. The van der Waals surface area contributed by atoms with Crippen molar-refractivity contribution in [3.63, 3.8) is 0 Å². The number of nitrogens with two attached hydrogens (primary N) is 1. The van der Waals surface area contributed by atoms with E-state index in [9.17, 15) is 4.39 Å². The first-order chi connectivity index (χ1) is 9.66. The first-order valence-electron chi connectivity index (χ1n) is 5.93. The minimum Gasteiger partial charge on any atom is -0.367 e. The molecule has 0 atom stereocenters. The van der Waals surface area contributed by atoms with Gasteiger partial charge in [-0.3, -0.25) is 0 Å². The van der Waals surface area contributed by atoms with Crippen molar-refractivity contribution in [3.8, 4) is 22.4 Å². The van der Waals surface area contributed by atoms with Gasteiger partial charge in [-0.25, -0.2) is 4.39 Å². The molecule has 2 N–H and O–H groups in total. The summed E-state index contributed by atoms with van der Waals surface area (Å²) in [6.07, 6.45) is 0. The van der Waals surface area contributed by atoms with Crippen LogP contribution in [0.3, 0.4) is 0 Å². The molecule has 0 saturated heterocycles. The standard InChI is InChI=1S/C15H10BrFN2O/c16-12-4-2-1-3-11(12)14-13(15(18)20-19-14)9-5-7-10(17)8-6-9/h1-8H,18H2. The average Bonchev–Trinajstić information content (AvgIpc) is 2.82. The van der Waals surface area contributed by atoms with E-state index in [2.05, 4.69) is 21.1 Å². The molecule has 100 valence electrons. The van der Waals surface area contributed by atoms with Crippen molar-refractivity contribution in [3.05, 3.63) is 58.8 Å². The monoisotopic (exact) mass is 332 g/mol. The molecule has 3 rings (SSSR count). The number of aromatic nitrogens is 1. The predicted molar refractivity (Wildman–Crippen MR) is 79.4 cm³/mol. The van der Waals surface area contributed by atoms with Gasteiger partial charge < -0.3 is 10.3 Å². The molecule has 0 spiro atoms. The number of nitrogen functional groups attached to an aromatic ring is 1. The van der Waals surface area contributed by atoms with Gasteiger partial charge in [0.25, 0.3) is 0 Å². The Bertz CT molecular complexity index is 753. The van der Waals surface area contributed by atoms with Gasteiger partial charge in [0.1, 0.15) is 11.5 Å². The second-order valence-electron chi connectivity index (χ2n) is 4.26. The Morgan fingerprint density at radius 3 is 2.45 bits per heavy atom. The molecule has 3 nitrogen and oxygen atoms in total. The Morgan fingerprint density at radius 1 is 1.05 bits per heavy atom. The summed E-state index contributed by atoms with van der Waals surface area (Å²) in [4.78, 5) is 0. The van der Waals surface area contributed by atoms with Gasteiger partial charge in [-0.15, -0.1) is 0 Å². The molecule has 0 aliphatic heterocycles. The zero-order chi connectivity index (χ0) is 14.1. The van der Waals surface area contributed by atoms with Gasteiger partial charge in [-0.1, -0.05) is 51.4 Å². The Kier molecular flexibility index (Phi) is 3.28. The zero-order valence-electron chi connectivity index (χ0n) is 10.3. The van der Waals surface area contributed by atoms with Crippen LogP contribution in [0.25, 0.3) is 22.4 Å². The predicted octanol–water partition coefficient (Wildman–Crippen LogP) is 4.49. The highest BCUT2D eigenvalue weighted by Crippen LogP contribution is 2.38. The molecule has 0 aliphatic rings. The van der Waals surface area contributed by atoms with Crippen molar-refractivity contribution >= 4 is 21.8 Å². The van der Waals surface area contributed by atoms with Crippen LogP contribution < -0.4 is 5.73 Å². The van der Waals surface area contributed by atoms with Crippen LogP contribution in [0.5, 0.6) is 0 Å². The van der Waals surface area contributed by atoms with Crippen molar-refractivity contribution in [2.45, 2.75) is 0 Å². The lowest BCUT2D eigenvalue weighted by Crippen LogP contribution is -1.88. The van der Waals surface area contributed by atoms with Gasteiger partial charge in [0.2, 0.25) is 5.88 Å². The third-order valence-corrected chi connectivity index (χ3v) is 3.67. The second kappa shape index (κ2) is 5.09. The quantitative estimate of drug-likeness (QED) is 0.752. The molecule has 0 aliphatic carbocycles.